The number of amides is 1. The standard InChI is InChI=1S/C16H20N4O4S/c1-11(2)14-15(20(4,9-18-14)10-24-16(21)17-3)25-13-7-5-6-12(8-13)19(22)23/h5-9,11H,10H2,1-4H3/p+1. The largest absolute Gasteiger partial charge is 0.411 e. The number of nitrogens with zero attached hydrogens (tertiary/aromatic N) is 3. The summed E-state index contributed by atoms with van der Waals surface area (Å²) in [5.41, 5.74) is 0.908. The number of ether oxygens (including phenoxy) is 1. The predicted molar refractivity (Wildman–Crippen MR) is 95.9 cm³/mol. The molecule has 0 saturated carbocycles. The maximum absolute atomic E-state index is 11.4. The van der Waals surface area contributed by atoms with E-state index in [0.29, 0.717) is 0 Å². The Labute approximate surface area is 150 Å². The molecular weight excluding hydrogens is 344 g/mol. The summed E-state index contributed by atoms with van der Waals surface area (Å²) in [4.78, 5) is 27.2. The van der Waals surface area contributed by atoms with Crippen molar-refractivity contribution in [1.82, 2.24) is 5.32 Å². The Balaban J connectivity index is 2.32. The average Bonchev–Trinajstić information content (AvgIpc) is 2.90. The quantitative estimate of drug-likeness (QED) is 0.474. The molecule has 1 unspecified atom stereocenters. The van der Waals surface area contributed by atoms with Gasteiger partial charge in [-0.25, -0.2) is 14.3 Å². The van der Waals surface area contributed by atoms with Crippen molar-refractivity contribution in [3.8, 4) is 0 Å². The van der Waals surface area contributed by atoms with Crippen molar-refractivity contribution in [1.29, 1.82) is 0 Å². The Morgan fingerprint density at radius 1 is 1.48 bits per heavy atom. The van der Waals surface area contributed by atoms with E-state index in [9.17, 15) is 14.9 Å². The zero-order chi connectivity index (χ0) is 18.6. The minimum absolute atomic E-state index is 0.0337. The van der Waals surface area contributed by atoms with Crippen LogP contribution in [0.25, 0.3) is 0 Å². The van der Waals surface area contributed by atoms with Crippen molar-refractivity contribution in [3.05, 3.63) is 45.1 Å². The topological polar surface area (TPSA) is 93.8 Å². The number of thioether (sulfide) groups is 1. The normalized spacial score (nSPS) is 19.4. The van der Waals surface area contributed by atoms with E-state index in [1.807, 2.05) is 27.0 Å². The van der Waals surface area contributed by atoms with Gasteiger partial charge >= 0.3 is 6.09 Å². The summed E-state index contributed by atoms with van der Waals surface area (Å²) in [5.74, 6) is 0.164. The zero-order valence-corrected chi connectivity index (χ0v) is 15.4. The lowest BCUT2D eigenvalue weighted by Crippen LogP contribution is -2.42. The van der Waals surface area contributed by atoms with Crippen molar-refractivity contribution in [3.63, 3.8) is 0 Å². The number of alkyl carbamates (subject to hydrolysis) is 1. The molecule has 8 nitrogen and oxygen atoms in total. The van der Waals surface area contributed by atoms with Crippen molar-refractivity contribution < 1.29 is 18.9 Å². The minimum Gasteiger partial charge on any atom is -0.398 e. The van der Waals surface area contributed by atoms with Crippen molar-refractivity contribution >= 4 is 29.9 Å². The molecule has 25 heavy (non-hydrogen) atoms. The molecule has 0 saturated heterocycles. The molecule has 0 radical (unpaired) electrons. The number of carbonyl (C=O) groups is 1. The number of rotatable bonds is 6. The Morgan fingerprint density at radius 3 is 2.80 bits per heavy atom. The first-order valence-corrected chi connectivity index (χ1v) is 8.50. The minimum atomic E-state index is -0.523. The molecule has 0 fully saturated rings. The van der Waals surface area contributed by atoms with Gasteiger partial charge < -0.3 is 10.1 Å². The van der Waals surface area contributed by atoms with E-state index < -0.39 is 11.0 Å². The van der Waals surface area contributed by atoms with E-state index in [2.05, 4.69) is 10.3 Å². The third-order valence-electron chi connectivity index (χ3n) is 3.59. The Bertz CT molecular complexity index is 747. The SMILES string of the molecule is CNC(=O)OC[N+]1(C)C=NC(C(C)C)=C1Sc1cccc([N+](=O)[O-])c1. The van der Waals surface area contributed by atoms with E-state index in [4.69, 9.17) is 4.74 Å². The molecule has 0 aromatic heterocycles. The van der Waals surface area contributed by atoms with E-state index in [1.54, 1.807) is 12.4 Å². The van der Waals surface area contributed by atoms with E-state index in [-0.39, 0.29) is 22.8 Å². The van der Waals surface area contributed by atoms with Gasteiger partial charge in [0, 0.05) is 30.0 Å². The number of nitro benzene ring substituents is 1. The highest BCUT2D eigenvalue weighted by atomic mass is 32.2. The van der Waals surface area contributed by atoms with Crippen molar-refractivity contribution in [2.75, 3.05) is 20.8 Å². The Hall–Kier alpha value is -2.39. The number of allylic oxidation sites excluding steroid dienone is 1. The lowest BCUT2D eigenvalue weighted by Gasteiger charge is -2.27. The van der Waals surface area contributed by atoms with Crippen molar-refractivity contribution in [2.24, 2.45) is 10.9 Å². The van der Waals surface area contributed by atoms with Gasteiger partial charge in [-0.2, -0.15) is 0 Å². The van der Waals surface area contributed by atoms with Gasteiger partial charge in [-0.15, -0.1) is 0 Å². The first kappa shape index (κ1) is 18.9. The molecule has 1 aromatic carbocycles. The second-order valence-corrected chi connectivity index (χ2v) is 7.09. The van der Waals surface area contributed by atoms with E-state index >= 15 is 0 Å². The van der Waals surface area contributed by atoms with Crippen LogP contribution in [0.5, 0.6) is 0 Å². The highest BCUT2D eigenvalue weighted by molar-refractivity contribution is 8.02. The molecule has 1 aromatic rings. The van der Waals surface area contributed by atoms with Crippen LogP contribution in [0.1, 0.15) is 13.8 Å². The number of carbonyl (C=O) groups excluding carboxylic acids is 1. The Kier molecular flexibility index (Phi) is 5.81. The molecule has 1 atom stereocenters. The van der Waals surface area contributed by atoms with E-state index in [1.165, 1.54) is 30.9 Å². The summed E-state index contributed by atoms with van der Waals surface area (Å²) in [7, 11) is 3.37. The van der Waals surface area contributed by atoms with Crippen molar-refractivity contribution in [2.45, 2.75) is 18.7 Å². The number of benzene rings is 1. The van der Waals surface area contributed by atoms with Crippen LogP contribution >= 0.6 is 11.8 Å². The summed E-state index contributed by atoms with van der Waals surface area (Å²) >= 11 is 1.40. The highest BCUT2D eigenvalue weighted by Crippen LogP contribution is 2.41. The lowest BCUT2D eigenvalue weighted by atomic mass is 10.1. The second kappa shape index (κ2) is 7.66. The van der Waals surface area contributed by atoms with Crippen LogP contribution in [0.15, 0.2) is 44.9 Å². The summed E-state index contributed by atoms with van der Waals surface area (Å²) < 4.78 is 5.40. The van der Waals surface area contributed by atoms with Gasteiger partial charge in [-0.1, -0.05) is 19.9 Å². The number of non-ortho nitro benzene ring substituents is 1. The fourth-order valence-electron chi connectivity index (χ4n) is 2.24. The molecule has 0 aliphatic carbocycles. The zero-order valence-electron chi connectivity index (χ0n) is 14.6. The van der Waals surface area contributed by atoms with Gasteiger partial charge in [0.15, 0.2) is 6.34 Å². The molecule has 2 rings (SSSR count). The fourth-order valence-corrected chi connectivity index (χ4v) is 3.49. The van der Waals surface area contributed by atoms with Crippen LogP contribution in [0.2, 0.25) is 0 Å². The molecule has 0 spiro atoms. The molecule has 1 aliphatic rings. The third-order valence-corrected chi connectivity index (χ3v) is 4.90. The number of nitrogens with one attached hydrogen (secondary N) is 1. The van der Waals surface area contributed by atoms with Gasteiger partial charge in [-0.05, 0) is 17.8 Å². The summed E-state index contributed by atoms with van der Waals surface area (Å²) in [6.07, 6.45) is 1.20. The number of nitro groups is 1. The molecule has 0 bridgehead atoms. The van der Waals surface area contributed by atoms with E-state index in [0.717, 1.165) is 15.6 Å². The third kappa shape index (κ3) is 4.37. The lowest BCUT2D eigenvalue weighted by molar-refractivity contribution is -0.784. The van der Waals surface area contributed by atoms with Crippen LogP contribution in [0, 0.1) is 16.0 Å². The number of quaternary nitrogens is 1. The Morgan fingerprint density at radius 2 is 2.20 bits per heavy atom. The van der Waals surface area contributed by atoms with Gasteiger partial charge in [0.25, 0.3) is 5.69 Å². The summed E-state index contributed by atoms with van der Waals surface area (Å²) in [6, 6.07) is 6.44. The monoisotopic (exact) mass is 365 g/mol. The first-order valence-electron chi connectivity index (χ1n) is 7.69. The molecular formula is C16H21N4O4S+. The number of aliphatic imine (C=N–C) groups is 1. The second-order valence-electron chi connectivity index (χ2n) is 6.02. The van der Waals surface area contributed by atoms with Crippen LogP contribution < -0.4 is 5.32 Å². The smallest absolute Gasteiger partial charge is 0.398 e. The van der Waals surface area contributed by atoms with Crippen LogP contribution in [-0.4, -0.2) is 42.7 Å². The van der Waals surface area contributed by atoms with Crippen LogP contribution in [0.3, 0.4) is 0 Å². The fraction of sp³-hybridized carbons (Fsp3) is 0.375. The predicted octanol–water partition coefficient (Wildman–Crippen LogP) is 3.31. The average molecular weight is 365 g/mol. The van der Waals surface area contributed by atoms with Gasteiger partial charge in [0.1, 0.15) is 5.70 Å². The van der Waals surface area contributed by atoms with Crippen LogP contribution in [-0.2, 0) is 4.74 Å². The highest BCUT2D eigenvalue weighted by Gasteiger charge is 2.38. The summed E-state index contributed by atoms with van der Waals surface area (Å²) in [6.45, 7) is 4.13. The van der Waals surface area contributed by atoms with Gasteiger partial charge in [-0.3, -0.25) is 10.1 Å². The molecule has 134 valence electrons. The maximum Gasteiger partial charge on any atom is 0.411 e. The molecule has 1 N–H and O–H groups in total. The molecule has 1 amide bonds. The molecule has 1 aliphatic heterocycles. The van der Waals surface area contributed by atoms with Gasteiger partial charge in [0.05, 0.1) is 12.0 Å². The number of hydrogen-bond acceptors (Lipinski definition) is 6. The number of hydrogen-bond donors (Lipinski definition) is 1. The van der Waals surface area contributed by atoms with Crippen LogP contribution in [0.4, 0.5) is 10.5 Å². The molecule has 9 heteroatoms. The maximum atomic E-state index is 11.4. The molecule has 1 heterocycles. The first-order chi connectivity index (χ1) is 11.8. The van der Waals surface area contributed by atoms with Gasteiger partial charge in [0.2, 0.25) is 11.8 Å². The summed E-state index contributed by atoms with van der Waals surface area (Å²) in [5, 5.41) is 14.3.